The molecule has 0 aromatic heterocycles. The minimum atomic E-state index is -1.84. The molecule has 120 valence electrons. The topological polar surface area (TPSA) is 75.8 Å². The van der Waals surface area contributed by atoms with E-state index in [1.54, 1.807) is 30.3 Å². The second-order valence-corrected chi connectivity index (χ2v) is 5.59. The molecule has 1 aliphatic rings. The Kier molecular flexibility index (Phi) is 4.32. The van der Waals surface area contributed by atoms with Crippen LogP contribution in [0.3, 0.4) is 0 Å². The van der Waals surface area contributed by atoms with E-state index in [1.807, 2.05) is 24.3 Å². The fourth-order valence-corrected chi connectivity index (χ4v) is 2.88. The first-order valence-corrected chi connectivity index (χ1v) is 7.63. The van der Waals surface area contributed by atoms with Crippen molar-refractivity contribution in [3.05, 3.63) is 65.7 Å². The summed E-state index contributed by atoms with van der Waals surface area (Å²) in [6, 6.07) is 16.1. The number of carbonyl (C=O) groups is 1. The van der Waals surface area contributed by atoms with Crippen molar-refractivity contribution in [1.29, 1.82) is 0 Å². The maximum Gasteiger partial charge on any atom is 0.258 e. The summed E-state index contributed by atoms with van der Waals surface area (Å²) in [6.45, 7) is 2.90. The highest BCUT2D eigenvalue weighted by Crippen LogP contribution is 2.31. The Morgan fingerprint density at radius 1 is 1.04 bits per heavy atom. The maximum absolute atomic E-state index is 12.0. The predicted octanol–water partition coefficient (Wildman–Crippen LogP) is 1.24. The number of ether oxygens (including phenoxy) is 1. The zero-order valence-corrected chi connectivity index (χ0v) is 12.8. The molecule has 1 saturated heterocycles. The number of primary amides is 1. The lowest BCUT2D eigenvalue weighted by molar-refractivity contribution is -0.133. The minimum absolute atomic E-state index is 0.464. The van der Waals surface area contributed by atoms with E-state index in [4.69, 9.17) is 10.5 Å². The molecule has 2 aromatic carbocycles. The fourth-order valence-electron chi connectivity index (χ4n) is 2.88. The molecule has 0 radical (unpaired) electrons. The molecule has 2 aromatic rings. The molecule has 23 heavy (non-hydrogen) atoms. The molecule has 0 bridgehead atoms. The molecule has 1 amide bonds. The standard InChI is InChI=1S/C18H20N2O3/c19-17(21)18(22,14-5-2-1-3-6-14)15-7-4-8-16(13-15)20-9-11-23-12-10-20/h1-8,13,22H,9-12H2,(H2,19,21). The van der Waals surface area contributed by atoms with E-state index < -0.39 is 11.5 Å². The van der Waals surface area contributed by atoms with Gasteiger partial charge in [0.15, 0.2) is 5.60 Å². The Morgan fingerprint density at radius 3 is 2.35 bits per heavy atom. The number of carbonyl (C=O) groups excluding carboxylic acids is 1. The number of anilines is 1. The summed E-state index contributed by atoms with van der Waals surface area (Å²) in [4.78, 5) is 14.2. The number of hydrogen-bond donors (Lipinski definition) is 2. The average Bonchev–Trinajstić information content (AvgIpc) is 2.62. The van der Waals surface area contributed by atoms with Crippen molar-refractivity contribution in [2.75, 3.05) is 31.2 Å². The van der Waals surface area contributed by atoms with Crippen molar-refractivity contribution >= 4 is 11.6 Å². The van der Waals surface area contributed by atoms with Crippen molar-refractivity contribution < 1.29 is 14.6 Å². The van der Waals surface area contributed by atoms with Crippen LogP contribution >= 0.6 is 0 Å². The van der Waals surface area contributed by atoms with E-state index in [0.717, 1.165) is 18.8 Å². The second kappa shape index (κ2) is 6.40. The number of amides is 1. The van der Waals surface area contributed by atoms with E-state index in [1.165, 1.54) is 0 Å². The summed E-state index contributed by atoms with van der Waals surface area (Å²) >= 11 is 0. The summed E-state index contributed by atoms with van der Waals surface area (Å²) in [7, 11) is 0. The number of morpholine rings is 1. The van der Waals surface area contributed by atoms with Crippen LogP contribution in [0.15, 0.2) is 54.6 Å². The van der Waals surface area contributed by atoms with Crippen molar-refractivity contribution in [3.8, 4) is 0 Å². The van der Waals surface area contributed by atoms with Crippen LogP contribution in [0.1, 0.15) is 11.1 Å². The smallest absolute Gasteiger partial charge is 0.258 e. The molecule has 5 heteroatoms. The first-order chi connectivity index (χ1) is 11.1. The fraction of sp³-hybridized carbons (Fsp3) is 0.278. The SMILES string of the molecule is NC(=O)C(O)(c1ccccc1)c1cccc(N2CCOCC2)c1. The highest BCUT2D eigenvalue weighted by atomic mass is 16.5. The van der Waals surface area contributed by atoms with Crippen LogP contribution in [-0.4, -0.2) is 37.3 Å². The molecular formula is C18H20N2O3. The molecule has 3 N–H and O–H groups in total. The number of hydrogen-bond acceptors (Lipinski definition) is 4. The van der Waals surface area contributed by atoms with Gasteiger partial charge in [0.25, 0.3) is 5.91 Å². The van der Waals surface area contributed by atoms with E-state index in [2.05, 4.69) is 4.90 Å². The van der Waals surface area contributed by atoms with Crippen LogP contribution in [0.4, 0.5) is 5.69 Å². The van der Waals surface area contributed by atoms with Crippen LogP contribution < -0.4 is 10.6 Å². The van der Waals surface area contributed by atoms with Gasteiger partial charge < -0.3 is 20.5 Å². The third kappa shape index (κ3) is 2.93. The molecule has 1 heterocycles. The Bertz CT molecular complexity index is 684. The monoisotopic (exact) mass is 312 g/mol. The van der Waals surface area contributed by atoms with E-state index in [-0.39, 0.29) is 0 Å². The van der Waals surface area contributed by atoms with Crippen molar-refractivity contribution in [1.82, 2.24) is 0 Å². The number of benzene rings is 2. The molecule has 1 fully saturated rings. The first-order valence-electron chi connectivity index (χ1n) is 7.63. The van der Waals surface area contributed by atoms with Gasteiger partial charge in [0.1, 0.15) is 0 Å². The van der Waals surface area contributed by atoms with Gasteiger partial charge in [-0.05, 0) is 23.3 Å². The Morgan fingerprint density at radius 2 is 1.70 bits per heavy atom. The number of aliphatic hydroxyl groups is 1. The van der Waals surface area contributed by atoms with Gasteiger partial charge in [0, 0.05) is 18.8 Å². The van der Waals surface area contributed by atoms with Gasteiger partial charge in [-0.3, -0.25) is 4.79 Å². The van der Waals surface area contributed by atoms with Crippen LogP contribution in [0, 0.1) is 0 Å². The minimum Gasteiger partial charge on any atom is -0.378 e. The molecule has 0 spiro atoms. The number of nitrogens with zero attached hydrogens (tertiary/aromatic N) is 1. The van der Waals surface area contributed by atoms with E-state index in [0.29, 0.717) is 24.3 Å². The second-order valence-electron chi connectivity index (χ2n) is 5.59. The molecule has 1 atom stereocenters. The number of rotatable bonds is 4. The summed E-state index contributed by atoms with van der Waals surface area (Å²) in [5.74, 6) is -0.789. The van der Waals surface area contributed by atoms with Crippen LogP contribution in [0.25, 0.3) is 0 Å². The lowest BCUT2D eigenvalue weighted by Gasteiger charge is -2.31. The van der Waals surface area contributed by atoms with E-state index in [9.17, 15) is 9.90 Å². The normalized spacial score (nSPS) is 17.5. The Balaban J connectivity index is 2.02. The zero-order chi connectivity index (χ0) is 16.3. The lowest BCUT2D eigenvalue weighted by Crippen LogP contribution is -2.42. The van der Waals surface area contributed by atoms with Gasteiger partial charge in [0.2, 0.25) is 0 Å². The highest BCUT2D eigenvalue weighted by Gasteiger charge is 2.38. The average molecular weight is 312 g/mol. The van der Waals surface area contributed by atoms with Gasteiger partial charge in [-0.1, -0.05) is 42.5 Å². The summed E-state index contributed by atoms with van der Waals surface area (Å²) in [6.07, 6.45) is 0. The molecule has 5 nitrogen and oxygen atoms in total. The third-order valence-corrected chi connectivity index (χ3v) is 4.19. The molecule has 0 saturated carbocycles. The van der Waals surface area contributed by atoms with Gasteiger partial charge in [0.05, 0.1) is 13.2 Å². The molecule has 0 aliphatic carbocycles. The Hall–Kier alpha value is -2.37. The third-order valence-electron chi connectivity index (χ3n) is 4.19. The molecule has 3 rings (SSSR count). The van der Waals surface area contributed by atoms with Crippen LogP contribution in [0.2, 0.25) is 0 Å². The first kappa shape index (κ1) is 15.5. The van der Waals surface area contributed by atoms with Crippen molar-refractivity contribution in [2.24, 2.45) is 5.73 Å². The van der Waals surface area contributed by atoms with Gasteiger partial charge >= 0.3 is 0 Å². The zero-order valence-electron chi connectivity index (χ0n) is 12.8. The number of nitrogens with two attached hydrogens (primary N) is 1. The lowest BCUT2D eigenvalue weighted by atomic mass is 9.85. The van der Waals surface area contributed by atoms with E-state index >= 15 is 0 Å². The molecule has 1 unspecified atom stereocenters. The predicted molar refractivity (Wildman–Crippen MR) is 88.1 cm³/mol. The quantitative estimate of drug-likeness (QED) is 0.891. The molecular weight excluding hydrogens is 292 g/mol. The van der Waals surface area contributed by atoms with Crippen molar-refractivity contribution in [2.45, 2.75) is 5.60 Å². The Labute approximate surface area is 135 Å². The van der Waals surface area contributed by atoms with Crippen molar-refractivity contribution in [3.63, 3.8) is 0 Å². The van der Waals surface area contributed by atoms with Gasteiger partial charge in [-0.25, -0.2) is 0 Å². The summed E-state index contributed by atoms with van der Waals surface area (Å²) in [5.41, 5.74) is 5.58. The summed E-state index contributed by atoms with van der Waals surface area (Å²) < 4.78 is 5.36. The molecule has 1 aliphatic heterocycles. The van der Waals surface area contributed by atoms with Gasteiger partial charge in [-0.2, -0.15) is 0 Å². The largest absolute Gasteiger partial charge is 0.378 e. The highest BCUT2D eigenvalue weighted by molar-refractivity contribution is 5.89. The maximum atomic E-state index is 12.0. The van der Waals surface area contributed by atoms with Gasteiger partial charge in [-0.15, -0.1) is 0 Å². The van der Waals surface area contributed by atoms with Crippen LogP contribution in [0.5, 0.6) is 0 Å². The summed E-state index contributed by atoms with van der Waals surface area (Å²) in [5, 5.41) is 11.0. The van der Waals surface area contributed by atoms with Crippen LogP contribution in [-0.2, 0) is 15.1 Å².